The van der Waals surface area contributed by atoms with Gasteiger partial charge in [0.05, 0.1) is 19.1 Å². The Morgan fingerprint density at radius 1 is 1.42 bits per heavy atom. The molecule has 1 aromatic heterocycles. The molecule has 3 rings (SSSR count). The molecule has 128 valence electrons. The van der Waals surface area contributed by atoms with Gasteiger partial charge in [-0.05, 0) is 45.4 Å². The molecule has 2 aromatic rings. The van der Waals surface area contributed by atoms with Crippen LogP contribution in [0.15, 0.2) is 28.7 Å². The Labute approximate surface area is 141 Å². The fraction of sp³-hybridized carbons (Fsp3) is 0.500. The van der Waals surface area contributed by atoms with Gasteiger partial charge < -0.3 is 9.15 Å². The molecule has 2 heterocycles. The minimum atomic E-state index is -0.104. The number of aryl methyl sites for hydroxylation is 1. The van der Waals surface area contributed by atoms with Gasteiger partial charge in [-0.3, -0.25) is 9.69 Å². The van der Waals surface area contributed by atoms with Crippen LogP contribution in [0.1, 0.15) is 31.2 Å². The number of aromatic nitrogens is 2. The van der Waals surface area contributed by atoms with Gasteiger partial charge in [-0.25, -0.2) is 0 Å². The third-order valence-corrected chi connectivity index (χ3v) is 4.22. The van der Waals surface area contributed by atoms with Gasteiger partial charge in [0.25, 0.3) is 0 Å². The summed E-state index contributed by atoms with van der Waals surface area (Å²) in [6, 6.07) is 7.99. The van der Waals surface area contributed by atoms with Crippen molar-refractivity contribution in [3.8, 4) is 11.5 Å². The van der Waals surface area contributed by atoms with Gasteiger partial charge in [0.15, 0.2) is 0 Å². The third-order valence-electron chi connectivity index (χ3n) is 4.22. The smallest absolute Gasteiger partial charge is 0.310 e. The second kappa shape index (κ2) is 7.57. The van der Waals surface area contributed by atoms with E-state index in [-0.39, 0.29) is 11.9 Å². The Bertz CT molecular complexity index is 698. The lowest BCUT2D eigenvalue weighted by atomic mass is 9.98. The first-order chi connectivity index (χ1) is 11.7. The van der Waals surface area contributed by atoms with Gasteiger partial charge in [-0.1, -0.05) is 17.7 Å². The minimum Gasteiger partial charge on any atom is -0.466 e. The number of piperidine rings is 1. The highest BCUT2D eigenvalue weighted by molar-refractivity contribution is 5.72. The van der Waals surface area contributed by atoms with Crippen LogP contribution >= 0.6 is 0 Å². The molecule has 0 amide bonds. The normalized spacial score (nSPS) is 18.5. The first-order valence-corrected chi connectivity index (χ1v) is 8.44. The summed E-state index contributed by atoms with van der Waals surface area (Å²) >= 11 is 0. The molecular weight excluding hydrogens is 306 g/mol. The fourth-order valence-electron chi connectivity index (χ4n) is 3.06. The molecule has 1 aromatic carbocycles. The Balaban J connectivity index is 1.63. The van der Waals surface area contributed by atoms with Crippen LogP contribution in [0.2, 0.25) is 0 Å². The second-order valence-corrected chi connectivity index (χ2v) is 6.20. The Kier molecular flexibility index (Phi) is 5.25. The molecule has 6 nitrogen and oxygen atoms in total. The van der Waals surface area contributed by atoms with Crippen molar-refractivity contribution in [3.05, 3.63) is 35.7 Å². The molecule has 0 aliphatic carbocycles. The summed E-state index contributed by atoms with van der Waals surface area (Å²) in [7, 11) is 0. The van der Waals surface area contributed by atoms with Crippen LogP contribution in [0.3, 0.4) is 0 Å². The third kappa shape index (κ3) is 4.00. The molecule has 0 N–H and O–H groups in total. The highest BCUT2D eigenvalue weighted by atomic mass is 16.5. The van der Waals surface area contributed by atoms with Crippen LogP contribution in [-0.2, 0) is 16.1 Å². The summed E-state index contributed by atoms with van der Waals surface area (Å²) in [5, 5.41) is 8.29. The van der Waals surface area contributed by atoms with E-state index in [4.69, 9.17) is 9.15 Å². The first kappa shape index (κ1) is 16.6. The second-order valence-electron chi connectivity index (χ2n) is 6.20. The molecule has 0 saturated carbocycles. The number of benzene rings is 1. The van der Waals surface area contributed by atoms with E-state index in [2.05, 4.69) is 15.1 Å². The number of hydrogen-bond acceptors (Lipinski definition) is 6. The fourth-order valence-corrected chi connectivity index (χ4v) is 3.06. The minimum absolute atomic E-state index is 0.0575. The van der Waals surface area contributed by atoms with Crippen LogP contribution in [0, 0.1) is 12.8 Å². The predicted molar refractivity (Wildman–Crippen MR) is 89.1 cm³/mol. The van der Waals surface area contributed by atoms with Crippen LogP contribution in [0.25, 0.3) is 11.5 Å². The molecule has 1 fully saturated rings. The molecule has 0 bridgehead atoms. The summed E-state index contributed by atoms with van der Waals surface area (Å²) in [6.07, 6.45) is 1.86. The van der Waals surface area contributed by atoms with Gasteiger partial charge in [0.2, 0.25) is 11.8 Å². The number of rotatable bonds is 5. The average Bonchev–Trinajstić information content (AvgIpc) is 3.04. The monoisotopic (exact) mass is 329 g/mol. The summed E-state index contributed by atoms with van der Waals surface area (Å²) in [5.41, 5.74) is 2.08. The molecule has 1 aliphatic heterocycles. The van der Waals surface area contributed by atoms with Crippen molar-refractivity contribution in [1.82, 2.24) is 15.1 Å². The number of hydrogen-bond donors (Lipinski definition) is 0. The average molecular weight is 329 g/mol. The van der Waals surface area contributed by atoms with E-state index in [1.807, 2.05) is 38.1 Å². The van der Waals surface area contributed by atoms with Crippen molar-refractivity contribution in [2.24, 2.45) is 5.92 Å². The highest BCUT2D eigenvalue weighted by Gasteiger charge is 2.27. The lowest BCUT2D eigenvalue weighted by Gasteiger charge is -2.30. The van der Waals surface area contributed by atoms with E-state index < -0.39 is 0 Å². The summed E-state index contributed by atoms with van der Waals surface area (Å²) in [6.45, 7) is 6.47. The molecule has 24 heavy (non-hydrogen) atoms. The maximum Gasteiger partial charge on any atom is 0.310 e. The zero-order valence-corrected chi connectivity index (χ0v) is 14.2. The van der Waals surface area contributed by atoms with Crippen molar-refractivity contribution in [1.29, 1.82) is 0 Å². The van der Waals surface area contributed by atoms with E-state index in [9.17, 15) is 4.79 Å². The lowest BCUT2D eigenvalue weighted by Crippen LogP contribution is -2.39. The van der Waals surface area contributed by atoms with Gasteiger partial charge >= 0.3 is 5.97 Å². The maximum absolute atomic E-state index is 11.9. The summed E-state index contributed by atoms with van der Waals surface area (Å²) in [5.74, 6) is 0.953. The highest BCUT2D eigenvalue weighted by Crippen LogP contribution is 2.22. The van der Waals surface area contributed by atoms with E-state index in [1.165, 1.54) is 0 Å². The topological polar surface area (TPSA) is 68.5 Å². The number of carbonyl (C=O) groups excluding carboxylic acids is 1. The Hall–Kier alpha value is -2.21. The van der Waals surface area contributed by atoms with Gasteiger partial charge in [-0.15, -0.1) is 10.2 Å². The van der Waals surface area contributed by atoms with Gasteiger partial charge in [-0.2, -0.15) is 0 Å². The number of nitrogens with zero attached hydrogens (tertiary/aromatic N) is 3. The summed E-state index contributed by atoms with van der Waals surface area (Å²) in [4.78, 5) is 14.1. The van der Waals surface area contributed by atoms with E-state index in [1.54, 1.807) is 0 Å². The zero-order chi connectivity index (χ0) is 16.9. The van der Waals surface area contributed by atoms with Crippen molar-refractivity contribution >= 4 is 5.97 Å². The van der Waals surface area contributed by atoms with Crippen LogP contribution in [-0.4, -0.2) is 40.8 Å². The number of likely N-dealkylation sites (tertiary alicyclic amines) is 1. The lowest BCUT2D eigenvalue weighted by molar-refractivity contribution is -0.150. The van der Waals surface area contributed by atoms with Gasteiger partial charge in [0, 0.05) is 12.1 Å². The first-order valence-electron chi connectivity index (χ1n) is 8.44. The Morgan fingerprint density at radius 3 is 3.08 bits per heavy atom. The standard InChI is InChI=1S/C18H23N3O3/c1-3-23-18(22)15-8-5-9-21(11-15)12-16-19-20-17(24-16)14-7-4-6-13(2)10-14/h4,6-7,10,15H,3,5,8-9,11-12H2,1-2H3. The maximum atomic E-state index is 11.9. The van der Waals surface area contributed by atoms with Crippen molar-refractivity contribution in [2.75, 3.05) is 19.7 Å². The SMILES string of the molecule is CCOC(=O)C1CCCN(Cc2nnc(-c3cccc(C)c3)o2)C1. The van der Waals surface area contributed by atoms with E-state index in [0.29, 0.717) is 31.5 Å². The number of esters is 1. The number of ether oxygens (including phenoxy) is 1. The van der Waals surface area contributed by atoms with Gasteiger partial charge in [0.1, 0.15) is 0 Å². The molecule has 0 spiro atoms. The van der Waals surface area contributed by atoms with Crippen molar-refractivity contribution in [2.45, 2.75) is 33.2 Å². The zero-order valence-electron chi connectivity index (χ0n) is 14.2. The largest absolute Gasteiger partial charge is 0.466 e. The molecule has 1 aliphatic rings. The van der Waals surface area contributed by atoms with Crippen LogP contribution in [0.5, 0.6) is 0 Å². The van der Waals surface area contributed by atoms with E-state index in [0.717, 1.165) is 30.5 Å². The van der Waals surface area contributed by atoms with Crippen LogP contribution in [0.4, 0.5) is 0 Å². The van der Waals surface area contributed by atoms with Crippen molar-refractivity contribution in [3.63, 3.8) is 0 Å². The van der Waals surface area contributed by atoms with Crippen molar-refractivity contribution < 1.29 is 13.9 Å². The predicted octanol–water partition coefficient (Wildman–Crippen LogP) is 2.82. The molecular formula is C18H23N3O3. The molecule has 1 unspecified atom stereocenters. The molecule has 0 radical (unpaired) electrons. The molecule has 6 heteroatoms. The molecule has 1 saturated heterocycles. The molecule has 1 atom stereocenters. The summed E-state index contributed by atoms with van der Waals surface area (Å²) < 4.78 is 10.9. The Morgan fingerprint density at radius 2 is 2.29 bits per heavy atom. The van der Waals surface area contributed by atoms with Crippen LogP contribution < -0.4 is 0 Å². The quantitative estimate of drug-likeness (QED) is 0.786. The number of carbonyl (C=O) groups is 1. The van der Waals surface area contributed by atoms with E-state index >= 15 is 0 Å².